The van der Waals surface area contributed by atoms with Crippen LogP contribution in [0.15, 0.2) is 121 Å². The predicted octanol–water partition coefficient (Wildman–Crippen LogP) is 9.06. The predicted molar refractivity (Wildman–Crippen MR) is 153 cm³/mol. The Balaban J connectivity index is 1.74. The maximum absolute atomic E-state index is 2.51. The fourth-order valence-electron chi connectivity index (χ4n) is 6.68. The second-order valence-electron chi connectivity index (χ2n) is 9.74. The highest BCUT2D eigenvalue weighted by Gasteiger charge is 2.25. The molecule has 0 amide bonds. The molecule has 0 aliphatic carbocycles. The van der Waals surface area contributed by atoms with Crippen molar-refractivity contribution in [2.45, 2.75) is 0 Å². The molecule has 9 rings (SSSR count). The number of fused-ring (bicyclic) bond motifs is 12. The first-order valence-electron chi connectivity index (χ1n) is 12.5. The lowest BCUT2D eigenvalue weighted by molar-refractivity contribution is 1.26. The normalized spacial score (nSPS) is 12.4. The zero-order valence-corrected chi connectivity index (χ0v) is 19.4. The molecule has 36 heavy (non-hydrogen) atoms. The van der Waals surface area contributed by atoms with Gasteiger partial charge in [-0.05, 0) is 46.2 Å². The first-order chi connectivity index (χ1) is 17.9. The zero-order chi connectivity index (χ0) is 23.4. The van der Waals surface area contributed by atoms with Gasteiger partial charge in [-0.25, -0.2) is 0 Å². The van der Waals surface area contributed by atoms with Crippen LogP contribution in [-0.4, -0.2) is 8.80 Å². The minimum Gasteiger partial charge on any atom is -0.305 e. The number of para-hydroxylation sites is 3. The zero-order valence-electron chi connectivity index (χ0n) is 19.4. The van der Waals surface area contributed by atoms with Crippen LogP contribution in [0.5, 0.6) is 0 Å². The van der Waals surface area contributed by atoms with Gasteiger partial charge in [0.2, 0.25) is 0 Å². The van der Waals surface area contributed by atoms with Gasteiger partial charge in [0.25, 0.3) is 0 Å². The average Bonchev–Trinajstić information content (AvgIpc) is 3.48. The van der Waals surface area contributed by atoms with E-state index in [-0.39, 0.29) is 0 Å². The molecule has 0 saturated carbocycles. The van der Waals surface area contributed by atoms with E-state index in [1.54, 1.807) is 0 Å². The Morgan fingerprint density at radius 3 is 1.61 bits per heavy atom. The van der Waals surface area contributed by atoms with Crippen LogP contribution in [0.4, 0.5) is 0 Å². The standard InChI is InChI=1S/C34H20N2/c1-2-11-21(12-3-1)22-16-10-20-29-31(22)32-24-14-5-4-13-23(24)30-25-15-6-7-17-26(25)35-27-18-8-9-19-28(27)36(29)34(32)33(30)35/h1-20H. The minimum atomic E-state index is 1.23. The Hall–Kier alpha value is -4.82. The van der Waals surface area contributed by atoms with Crippen LogP contribution in [0, 0.1) is 0 Å². The van der Waals surface area contributed by atoms with Crippen molar-refractivity contribution in [3.63, 3.8) is 0 Å². The molecule has 3 aromatic heterocycles. The van der Waals surface area contributed by atoms with Crippen LogP contribution in [0.3, 0.4) is 0 Å². The van der Waals surface area contributed by atoms with Crippen LogP contribution in [-0.2, 0) is 0 Å². The molecule has 0 N–H and O–H groups in total. The second-order valence-corrected chi connectivity index (χ2v) is 9.74. The quantitative estimate of drug-likeness (QED) is 0.218. The first-order valence-corrected chi connectivity index (χ1v) is 12.5. The van der Waals surface area contributed by atoms with Crippen LogP contribution >= 0.6 is 0 Å². The van der Waals surface area contributed by atoms with Gasteiger partial charge in [-0.15, -0.1) is 0 Å². The van der Waals surface area contributed by atoms with Gasteiger partial charge in [-0.2, -0.15) is 0 Å². The summed E-state index contributed by atoms with van der Waals surface area (Å²) in [7, 11) is 0. The first kappa shape index (κ1) is 18.5. The van der Waals surface area contributed by atoms with E-state index in [1.807, 2.05) is 0 Å². The van der Waals surface area contributed by atoms with Crippen molar-refractivity contribution >= 4 is 65.4 Å². The van der Waals surface area contributed by atoms with Gasteiger partial charge in [0.1, 0.15) is 0 Å². The highest BCUT2D eigenvalue weighted by Crippen LogP contribution is 2.48. The molecule has 2 nitrogen and oxygen atoms in total. The van der Waals surface area contributed by atoms with Gasteiger partial charge in [0.05, 0.1) is 33.1 Å². The molecule has 166 valence electrons. The Morgan fingerprint density at radius 1 is 0.333 bits per heavy atom. The van der Waals surface area contributed by atoms with Crippen LogP contribution in [0.1, 0.15) is 0 Å². The lowest BCUT2D eigenvalue weighted by atomic mass is 9.95. The molecule has 6 aromatic carbocycles. The minimum absolute atomic E-state index is 1.23. The topological polar surface area (TPSA) is 8.82 Å². The molecule has 0 saturated heterocycles. The molecule has 0 radical (unpaired) electrons. The Morgan fingerprint density at radius 2 is 0.861 bits per heavy atom. The lowest BCUT2D eigenvalue weighted by Gasteiger charge is -2.12. The van der Waals surface area contributed by atoms with Crippen molar-refractivity contribution in [3.05, 3.63) is 121 Å². The number of rotatable bonds is 1. The molecule has 0 aliphatic rings. The van der Waals surface area contributed by atoms with E-state index in [9.17, 15) is 0 Å². The summed E-state index contributed by atoms with van der Waals surface area (Å²) in [5.74, 6) is 0. The van der Waals surface area contributed by atoms with E-state index in [1.165, 1.54) is 76.5 Å². The Labute approximate surface area is 206 Å². The summed E-state index contributed by atoms with van der Waals surface area (Å²) in [6, 6.07) is 44.3. The smallest absolute Gasteiger partial charge is 0.0796 e. The van der Waals surface area contributed by atoms with Crippen molar-refractivity contribution in [2.75, 3.05) is 0 Å². The fourth-order valence-corrected chi connectivity index (χ4v) is 6.68. The summed E-state index contributed by atoms with van der Waals surface area (Å²) in [4.78, 5) is 0. The molecule has 0 aliphatic heterocycles. The summed E-state index contributed by atoms with van der Waals surface area (Å²) >= 11 is 0. The van der Waals surface area contributed by atoms with E-state index in [4.69, 9.17) is 0 Å². The van der Waals surface area contributed by atoms with Gasteiger partial charge in [-0.1, -0.05) is 97.1 Å². The van der Waals surface area contributed by atoms with Gasteiger partial charge in [0, 0.05) is 21.5 Å². The summed E-state index contributed by atoms with van der Waals surface area (Å²) in [5.41, 5.74) is 10.1. The molecule has 0 atom stereocenters. The fraction of sp³-hybridized carbons (Fsp3) is 0. The maximum Gasteiger partial charge on any atom is 0.0796 e. The Bertz CT molecular complexity index is 2260. The van der Waals surface area contributed by atoms with Crippen LogP contribution < -0.4 is 0 Å². The third kappa shape index (κ3) is 2.06. The van der Waals surface area contributed by atoms with Crippen LogP contribution in [0.2, 0.25) is 0 Å². The van der Waals surface area contributed by atoms with Crippen molar-refractivity contribution in [1.82, 2.24) is 8.80 Å². The largest absolute Gasteiger partial charge is 0.305 e. The number of nitrogens with zero attached hydrogens (tertiary/aromatic N) is 2. The number of aromatic nitrogens is 2. The number of hydrogen-bond acceptors (Lipinski definition) is 0. The highest BCUT2D eigenvalue weighted by atomic mass is 15.0. The summed E-state index contributed by atoms with van der Waals surface area (Å²) in [6.45, 7) is 0. The molecule has 0 unspecified atom stereocenters. The third-order valence-corrected chi connectivity index (χ3v) is 8.01. The molecule has 0 fully saturated rings. The van der Waals surface area contributed by atoms with E-state index in [0.717, 1.165) is 0 Å². The Kier molecular flexibility index (Phi) is 3.31. The van der Waals surface area contributed by atoms with Crippen molar-refractivity contribution in [3.8, 4) is 11.1 Å². The van der Waals surface area contributed by atoms with Gasteiger partial charge in [-0.3, -0.25) is 0 Å². The molecule has 0 spiro atoms. The molecule has 9 aromatic rings. The lowest BCUT2D eigenvalue weighted by Crippen LogP contribution is -1.97. The molecule has 3 heterocycles. The monoisotopic (exact) mass is 456 g/mol. The number of hydrogen-bond donors (Lipinski definition) is 0. The molecular formula is C34H20N2. The van der Waals surface area contributed by atoms with E-state index in [0.29, 0.717) is 0 Å². The SMILES string of the molecule is c1ccc(-c2cccc3c2c2c4ccccc4c4c5ccccc5n5c6ccccc6n3c2c45)cc1. The number of benzene rings is 6. The third-order valence-electron chi connectivity index (χ3n) is 8.01. The van der Waals surface area contributed by atoms with Gasteiger partial charge in [0.15, 0.2) is 0 Å². The highest BCUT2D eigenvalue weighted by molar-refractivity contribution is 6.38. The summed E-state index contributed by atoms with van der Waals surface area (Å²) < 4.78 is 5.01. The van der Waals surface area contributed by atoms with E-state index < -0.39 is 0 Å². The van der Waals surface area contributed by atoms with Crippen LogP contribution in [0.25, 0.3) is 76.5 Å². The second kappa shape index (κ2) is 6.44. The van der Waals surface area contributed by atoms with Gasteiger partial charge < -0.3 is 8.80 Å². The van der Waals surface area contributed by atoms with Gasteiger partial charge >= 0.3 is 0 Å². The summed E-state index contributed by atoms with van der Waals surface area (Å²) in [6.07, 6.45) is 0. The van der Waals surface area contributed by atoms with E-state index >= 15 is 0 Å². The van der Waals surface area contributed by atoms with Crippen molar-refractivity contribution in [2.24, 2.45) is 0 Å². The molecule has 0 bridgehead atoms. The average molecular weight is 457 g/mol. The molecular weight excluding hydrogens is 436 g/mol. The summed E-state index contributed by atoms with van der Waals surface area (Å²) in [5, 5.41) is 7.94. The van der Waals surface area contributed by atoms with Crippen molar-refractivity contribution in [1.29, 1.82) is 0 Å². The molecule has 2 heteroatoms. The maximum atomic E-state index is 2.51. The van der Waals surface area contributed by atoms with E-state index in [2.05, 4.69) is 130 Å². The van der Waals surface area contributed by atoms with Crippen molar-refractivity contribution < 1.29 is 0 Å².